The minimum absolute atomic E-state index is 0.0886. The van der Waals surface area contributed by atoms with Gasteiger partial charge >= 0.3 is 0 Å². The second kappa shape index (κ2) is 7.74. The summed E-state index contributed by atoms with van der Waals surface area (Å²) in [6.45, 7) is 3.99. The molecule has 0 aliphatic carbocycles. The second-order valence-corrected chi connectivity index (χ2v) is 7.70. The van der Waals surface area contributed by atoms with Crippen LogP contribution in [0.1, 0.15) is 26.2 Å². The molecule has 0 aromatic rings. The molecule has 0 aromatic heterocycles. The van der Waals surface area contributed by atoms with Crippen molar-refractivity contribution in [3.63, 3.8) is 0 Å². The van der Waals surface area contributed by atoms with Gasteiger partial charge in [0.15, 0.2) is 0 Å². The van der Waals surface area contributed by atoms with E-state index in [1.165, 1.54) is 0 Å². The Morgan fingerprint density at radius 3 is 2.29 bits per heavy atom. The lowest BCUT2D eigenvalue weighted by molar-refractivity contribution is -0.134. The molecule has 122 valence electrons. The summed E-state index contributed by atoms with van der Waals surface area (Å²) in [5.74, 6) is -0.233. The van der Waals surface area contributed by atoms with Gasteiger partial charge in [-0.05, 0) is 12.8 Å². The van der Waals surface area contributed by atoms with Crippen LogP contribution in [0.25, 0.3) is 0 Å². The SMILES string of the molecule is CCC(=O)N1CCCN(C(=O)C(N)CCS(C)(=O)=O)CC1. The molecule has 1 rings (SSSR count). The van der Waals surface area contributed by atoms with Gasteiger partial charge in [-0.25, -0.2) is 8.42 Å². The molecule has 21 heavy (non-hydrogen) atoms. The molecule has 1 fully saturated rings. The molecule has 1 aliphatic heterocycles. The minimum Gasteiger partial charge on any atom is -0.341 e. The maximum atomic E-state index is 12.2. The molecule has 0 aromatic carbocycles. The zero-order chi connectivity index (χ0) is 16.0. The average Bonchev–Trinajstić information content (AvgIpc) is 2.68. The van der Waals surface area contributed by atoms with E-state index >= 15 is 0 Å². The highest BCUT2D eigenvalue weighted by Crippen LogP contribution is 2.07. The Balaban J connectivity index is 2.53. The van der Waals surface area contributed by atoms with E-state index in [9.17, 15) is 18.0 Å². The molecular weight excluding hydrogens is 294 g/mol. The predicted molar refractivity (Wildman–Crippen MR) is 80.4 cm³/mol. The lowest BCUT2D eigenvalue weighted by Crippen LogP contribution is -2.46. The molecule has 8 heteroatoms. The summed E-state index contributed by atoms with van der Waals surface area (Å²) >= 11 is 0. The number of amides is 2. The van der Waals surface area contributed by atoms with Crippen LogP contribution in [0.3, 0.4) is 0 Å². The summed E-state index contributed by atoms with van der Waals surface area (Å²) in [6, 6.07) is -0.798. The van der Waals surface area contributed by atoms with Crippen LogP contribution in [0.2, 0.25) is 0 Å². The monoisotopic (exact) mass is 319 g/mol. The van der Waals surface area contributed by atoms with Gasteiger partial charge in [0.1, 0.15) is 9.84 Å². The van der Waals surface area contributed by atoms with E-state index in [1.807, 2.05) is 6.92 Å². The van der Waals surface area contributed by atoms with E-state index in [-0.39, 0.29) is 24.0 Å². The van der Waals surface area contributed by atoms with Crippen molar-refractivity contribution in [2.75, 3.05) is 38.2 Å². The molecular formula is C13H25N3O4S. The first kappa shape index (κ1) is 17.9. The molecule has 1 saturated heterocycles. The van der Waals surface area contributed by atoms with Crippen LogP contribution < -0.4 is 5.73 Å². The van der Waals surface area contributed by atoms with Crippen LogP contribution in [0.5, 0.6) is 0 Å². The van der Waals surface area contributed by atoms with Gasteiger partial charge in [-0.15, -0.1) is 0 Å². The fraction of sp³-hybridized carbons (Fsp3) is 0.846. The first-order chi connectivity index (χ1) is 9.74. The first-order valence-corrected chi connectivity index (χ1v) is 9.30. The Hall–Kier alpha value is -1.15. The minimum atomic E-state index is -3.12. The Labute approximate surface area is 126 Å². The molecule has 0 spiro atoms. The summed E-state index contributed by atoms with van der Waals surface area (Å²) in [4.78, 5) is 27.3. The Morgan fingerprint density at radius 2 is 1.71 bits per heavy atom. The van der Waals surface area contributed by atoms with E-state index in [0.29, 0.717) is 32.6 Å². The van der Waals surface area contributed by atoms with Gasteiger partial charge in [0.05, 0.1) is 11.8 Å². The zero-order valence-electron chi connectivity index (χ0n) is 12.7. The first-order valence-electron chi connectivity index (χ1n) is 7.24. The van der Waals surface area contributed by atoms with Crippen LogP contribution in [-0.4, -0.2) is 74.3 Å². The third-order valence-corrected chi connectivity index (χ3v) is 4.56. The normalized spacial score (nSPS) is 18.2. The lowest BCUT2D eigenvalue weighted by atomic mass is 10.2. The van der Waals surface area contributed by atoms with E-state index < -0.39 is 15.9 Å². The van der Waals surface area contributed by atoms with Crippen molar-refractivity contribution >= 4 is 21.7 Å². The molecule has 0 radical (unpaired) electrons. The van der Waals surface area contributed by atoms with Crippen LogP contribution in [0, 0.1) is 0 Å². The topological polar surface area (TPSA) is 101 Å². The predicted octanol–water partition coefficient (Wildman–Crippen LogP) is -0.781. The van der Waals surface area contributed by atoms with Crippen LogP contribution in [0.15, 0.2) is 0 Å². The average molecular weight is 319 g/mol. The van der Waals surface area contributed by atoms with E-state index in [4.69, 9.17) is 5.73 Å². The van der Waals surface area contributed by atoms with Crippen molar-refractivity contribution in [3.8, 4) is 0 Å². The number of rotatable bonds is 5. The van der Waals surface area contributed by atoms with Crippen molar-refractivity contribution in [1.82, 2.24) is 9.80 Å². The van der Waals surface area contributed by atoms with Gasteiger partial charge in [0.2, 0.25) is 11.8 Å². The van der Waals surface area contributed by atoms with Gasteiger partial charge in [0.25, 0.3) is 0 Å². The molecule has 2 N–H and O–H groups in total. The number of carbonyl (C=O) groups excluding carboxylic acids is 2. The standard InChI is InChI=1S/C13H25N3O4S/c1-3-12(17)15-6-4-7-16(9-8-15)13(18)11(14)5-10-21(2,19)20/h11H,3-10,14H2,1-2H3. The Kier molecular flexibility index (Phi) is 6.60. The van der Waals surface area contributed by atoms with Crippen LogP contribution in [-0.2, 0) is 19.4 Å². The maximum absolute atomic E-state index is 12.2. The van der Waals surface area contributed by atoms with Gasteiger partial charge < -0.3 is 15.5 Å². The van der Waals surface area contributed by atoms with Crippen molar-refractivity contribution in [2.45, 2.75) is 32.2 Å². The highest BCUT2D eigenvalue weighted by molar-refractivity contribution is 7.90. The molecule has 1 aliphatic rings. The zero-order valence-corrected chi connectivity index (χ0v) is 13.6. The summed E-state index contributed by atoms with van der Waals surface area (Å²) in [5, 5.41) is 0. The van der Waals surface area contributed by atoms with Crippen LogP contribution in [0.4, 0.5) is 0 Å². The fourth-order valence-electron chi connectivity index (χ4n) is 2.31. The van der Waals surface area contributed by atoms with Gasteiger partial charge in [-0.2, -0.15) is 0 Å². The third kappa shape index (κ3) is 6.01. The highest BCUT2D eigenvalue weighted by Gasteiger charge is 2.25. The fourth-order valence-corrected chi connectivity index (χ4v) is 2.99. The van der Waals surface area contributed by atoms with Crippen molar-refractivity contribution < 1.29 is 18.0 Å². The molecule has 2 amide bonds. The molecule has 0 bridgehead atoms. The molecule has 0 saturated carbocycles. The molecule has 1 heterocycles. The number of sulfone groups is 1. The lowest BCUT2D eigenvalue weighted by Gasteiger charge is -2.24. The number of hydrogen-bond donors (Lipinski definition) is 1. The highest BCUT2D eigenvalue weighted by atomic mass is 32.2. The van der Waals surface area contributed by atoms with E-state index in [2.05, 4.69) is 0 Å². The molecule has 1 atom stereocenters. The van der Waals surface area contributed by atoms with Gasteiger partial charge in [0, 0.05) is 38.9 Å². The quantitative estimate of drug-likeness (QED) is 0.716. The molecule has 7 nitrogen and oxygen atoms in total. The number of hydrogen-bond acceptors (Lipinski definition) is 5. The summed E-state index contributed by atoms with van der Waals surface area (Å²) in [7, 11) is -3.12. The number of nitrogens with zero attached hydrogens (tertiary/aromatic N) is 2. The van der Waals surface area contributed by atoms with E-state index in [1.54, 1.807) is 9.80 Å². The van der Waals surface area contributed by atoms with E-state index in [0.717, 1.165) is 12.7 Å². The smallest absolute Gasteiger partial charge is 0.239 e. The van der Waals surface area contributed by atoms with Crippen molar-refractivity contribution in [3.05, 3.63) is 0 Å². The maximum Gasteiger partial charge on any atom is 0.239 e. The van der Waals surface area contributed by atoms with Gasteiger partial charge in [-0.1, -0.05) is 6.92 Å². The summed E-state index contributed by atoms with van der Waals surface area (Å²) < 4.78 is 22.2. The number of carbonyl (C=O) groups is 2. The second-order valence-electron chi connectivity index (χ2n) is 5.44. The largest absolute Gasteiger partial charge is 0.341 e. The Morgan fingerprint density at radius 1 is 1.14 bits per heavy atom. The summed E-state index contributed by atoms with van der Waals surface area (Å²) in [5.41, 5.74) is 5.79. The number of nitrogens with two attached hydrogens (primary N) is 1. The van der Waals surface area contributed by atoms with Crippen molar-refractivity contribution in [1.29, 1.82) is 0 Å². The van der Waals surface area contributed by atoms with Crippen molar-refractivity contribution in [2.24, 2.45) is 5.73 Å². The van der Waals surface area contributed by atoms with Crippen LogP contribution >= 0.6 is 0 Å². The summed E-state index contributed by atoms with van der Waals surface area (Å²) in [6.07, 6.45) is 2.44. The molecule has 1 unspecified atom stereocenters. The Bertz CT molecular complexity index is 478. The van der Waals surface area contributed by atoms with Gasteiger partial charge in [-0.3, -0.25) is 9.59 Å². The third-order valence-electron chi connectivity index (χ3n) is 3.58.